The van der Waals surface area contributed by atoms with E-state index in [9.17, 15) is 0 Å². The predicted octanol–water partition coefficient (Wildman–Crippen LogP) is 2.96. The van der Waals surface area contributed by atoms with E-state index < -0.39 is 0 Å². The van der Waals surface area contributed by atoms with E-state index in [1.54, 1.807) is 0 Å². The van der Waals surface area contributed by atoms with Crippen molar-refractivity contribution < 1.29 is 0 Å². The molecule has 0 unspecified atom stereocenters. The molecule has 0 aromatic carbocycles. The summed E-state index contributed by atoms with van der Waals surface area (Å²) in [5.41, 5.74) is 0.264. The lowest BCUT2D eigenvalue weighted by atomic mass is 10.1. The van der Waals surface area contributed by atoms with Crippen LogP contribution in [0.5, 0.6) is 0 Å². The number of nitrogens with zero attached hydrogens (tertiary/aromatic N) is 4. The van der Waals surface area contributed by atoms with Crippen molar-refractivity contribution in [3.63, 3.8) is 0 Å². The first-order valence-corrected chi connectivity index (χ1v) is 6.81. The molecule has 106 valence electrons. The topological polar surface area (TPSA) is 13.0 Å². The van der Waals surface area contributed by atoms with Crippen molar-refractivity contribution in [1.82, 2.24) is 19.6 Å². The molecule has 0 spiro atoms. The van der Waals surface area contributed by atoms with E-state index in [0.29, 0.717) is 0 Å². The van der Waals surface area contributed by atoms with Gasteiger partial charge in [0.2, 0.25) is 0 Å². The van der Waals surface area contributed by atoms with Gasteiger partial charge in [0.15, 0.2) is 0 Å². The summed E-state index contributed by atoms with van der Waals surface area (Å²) < 4.78 is 0. The van der Waals surface area contributed by atoms with E-state index in [2.05, 4.69) is 99.3 Å². The Bertz CT molecular complexity index is 337. The Kier molecular flexibility index (Phi) is 3.45. The van der Waals surface area contributed by atoms with Crippen LogP contribution in [-0.4, -0.2) is 37.3 Å². The van der Waals surface area contributed by atoms with E-state index in [1.807, 2.05) is 0 Å². The van der Waals surface area contributed by atoms with Gasteiger partial charge in [0.1, 0.15) is 13.3 Å². The fourth-order valence-corrected chi connectivity index (χ4v) is 1.94. The van der Waals surface area contributed by atoms with Crippen molar-refractivity contribution in [2.24, 2.45) is 0 Å². The van der Waals surface area contributed by atoms with Gasteiger partial charge in [0.05, 0.1) is 6.67 Å². The Morgan fingerprint density at radius 2 is 1.00 bits per heavy atom. The average Bonchev–Trinajstić information content (AvgIpc) is 2.84. The summed E-state index contributed by atoms with van der Waals surface area (Å²) in [5, 5.41) is 0. The first kappa shape index (κ1) is 14.1. The Balaban J connectivity index is 1.83. The molecule has 2 rings (SSSR count). The maximum Gasteiger partial charge on any atom is 0.143 e. The van der Waals surface area contributed by atoms with Crippen molar-refractivity contribution >= 4 is 0 Å². The molecule has 4 heteroatoms. The zero-order valence-corrected chi connectivity index (χ0v) is 13.0. The van der Waals surface area contributed by atoms with Crippen molar-refractivity contribution in [1.29, 1.82) is 0 Å². The van der Waals surface area contributed by atoms with E-state index in [1.165, 1.54) is 0 Å². The molecule has 0 aliphatic carbocycles. The van der Waals surface area contributed by atoms with Crippen LogP contribution in [0, 0.1) is 13.3 Å². The molecule has 4 nitrogen and oxygen atoms in total. The van der Waals surface area contributed by atoms with Crippen LogP contribution >= 0.6 is 0 Å². The molecule has 0 N–H and O–H groups in total. The van der Waals surface area contributed by atoms with Gasteiger partial charge >= 0.3 is 0 Å². The maximum absolute atomic E-state index is 2.23. The van der Waals surface area contributed by atoms with Crippen LogP contribution in [0.25, 0.3) is 0 Å². The molecule has 2 aliphatic heterocycles. The predicted molar refractivity (Wildman–Crippen MR) is 78.6 cm³/mol. The highest BCUT2D eigenvalue weighted by atomic mass is 15.5. The minimum atomic E-state index is 0.132. The third-order valence-corrected chi connectivity index (χ3v) is 3.26. The van der Waals surface area contributed by atoms with E-state index in [-0.39, 0.29) is 11.1 Å². The summed E-state index contributed by atoms with van der Waals surface area (Å²) in [6.07, 6.45) is 8.49. The third kappa shape index (κ3) is 3.37. The third-order valence-electron chi connectivity index (χ3n) is 3.26. The van der Waals surface area contributed by atoms with Crippen LogP contribution < -0.4 is 0 Å². The summed E-state index contributed by atoms with van der Waals surface area (Å²) in [6.45, 7) is 18.4. The van der Waals surface area contributed by atoms with Gasteiger partial charge in [0, 0.05) is 35.9 Å². The fraction of sp³-hybridized carbons (Fsp3) is 0.600. The van der Waals surface area contributed by atoms with E-state index in [0.717, 1.165) is 6.67 Å². The summed E-state index contributed by atoms with van der Waals surface area (Å²) in [6, 6.07) is 0. The molecule has 0 saturated heterocycles. The monoisotopic (exact) mass is 262 g/mol. The maximum atomic E-state index is 2.23. The summed E-state index contributed by atoms with van der Waals surface area (Å²) in [4.78, 5) is 8.85. The van der Waals surface area contributed by atoms with Gasteiger partial charge in [-0.25, -0.2) is 0 Å². The molecule has 2 heterocycles. The minimum Gasteiger partial charge on any atom is -0.348 e. The van der Waals surface area contributed by atoms with E-state index in [4.69, 9.17) is 0 Å². The van der Waals surface area contributed by atoms with Crippen LogP contribution in [-0.2, 0) is 0 Å². The lowest BCUT2D eigenvalue weighted by molar-refractivity contribution is 0.167. The molecule has 19 heavy (non-hydrogen) atoms. The molecule has 0 fully saturated rings. The van der Waals surface area contributed by atoms with Gasteiger partial charge in [-0.15, -0.1) is 0 Å². The second-order valence-corrected chi connectivity index (χ2v) is 7.15. The molecular formula is C15H26N4. The molecule has 0 aromatic rings. The second kappa shape index (κ2) is 4.66. The minimum absolute atomic E-state index is 0.132. The first-order chi connectivity index (χ1) is 8.66. The normalized spacial score (nSPS) is 20.1. The largest absolute Gasteiger partial charge is 0.348 e. The summed E-state index contributed by atoms with van der Waals surface area (Å²) in [5.74, 6) is 0. The first-order valence-electron chi connectivity index (χ1n) is 6.81. The molecule has 2 radical (unpaired) electrons. The summed E-state index contributed by atoms with van der Waals surface area (Å²) >= 11 is 0. The molecule has 0 atom stereocenters. The molecule has 0 amide bonds. The quantitative estimate of drug-likeness (QED) is 0.758. The van der Waals surface area contributed by atoms with Gasteiger partial charge in [-0.3, -0.25) is 0 Å². The van der Waals surface area contributed by atoms with Crippen LogP contribution in [0.1, 0.15) is 41.5 Å². The average molecular weight is 262 g/mol. The highest BCUT2D eigenvalue weighted by Crippen LogP contribution is 2.25. The Labute approximate surface area is 117 Å². The van der Waals surface area contributed by atoms with Gasteiger partial charge in [0.25, 0.3) is 0 Å². The van der Waals surface area contributed by atoms with Crippen molar-refractivity contribution in [2.45, 2.75) is 52.6 Å². The zero-order chi connectivity index (χ0) is 14.3. The highest BCUT2D eigenvalue weighted by Gasteiger charge is 2.27. The van der Waals surface area contributed by atoms with Gasteiger partial charge in [-0.2, -0.15) is 0 Å². The lowest BCUT2D eigenvalue weighted by Gasteiger charge is -2.35. The Morgan fingerprint density at radius 3 is 1.26 bits per heavy atom. The van der Waals surface area contributed by atoms with Gasteiger partial charge in [-0.1, -0.05) is 0 Å². The molecule has 0 aromatic heterocycles. The Hall–Kier alpha value is -1.32. The second-order valence-electron chi connectivity index (χ2n) is 7.15. The van der Waals surface area contributed by atoms with Crippen LogP contribution in [0.4, 0.5) is 0 Å². The van der Waals surface area contributed by atoms with Crippen LogP contribution in [0.3, 0.4) is 0 Å². The van der Waals surface area contributed by atoms with Crippen LogP contribution in [0.2, 0.25) is 0 Å². The fourth-order valence-electron chi connectivity index (χ4n) is 1.94. The number of hydrogen-bond acceptors (Lipinski definition) is 4. The van der Waals surface area contributed by atoms with Crippen molar-refractivity contribution in [2.75, 3.05) is 6.67 Å². The van der Waals surface area contributed by atoms with Crippen molar-refractivity contribution in [3.8, 4) is 0 Å². The number of hydrogen-bond donors (Lipinski definition) is 0. The number of rotatable bonds is 2. The molecule has 0 saturated carbocycles. The van der Waals surface area contributed by atoms with Gasteiger partial charge < -0.3 is 19.6 Å². The standard InChI is InChI=1S/C15H26N4/c1-14(2,3)18-9-7-16(12-18)11-17-8-10-19(13-17)15(4,5)6/h7-10,12-13H,11H2,1-6H3. The smallest absolute Gasteiger partial charge is 0.143 e. The van der Waals surface area contributed by atoms with E-state index >= 15 is 0 Å². The summed E-state index contributed by atoms with van der Waals surface area (Å²) in [7, 11) is 0. The highest BCUT2D eigenvalue weighted by molar-refractivity contribution is 5.06. The molecule has 2 aliphatic rings. The SMILES string of the molecule is CC(C)(C)N1[CH]N(CN2[CH]N(C(C)(C)C)C=C2)C=C1. The molecule has 0 bridgehead atoms. The molecular weight excluding hydrogens is 236 g/mol. The van der Waals surface area contributed by atoms with Crippen LogP contribution in [0.15, 0.2) is 24.8 Å². The zero-order valence-electron chi connectivity index (χ0n) is 13.0. The Morgan fingerprint density at radius 1 is 0.632 bits per heavy atom. The lowest BCUT2D eigenvalue weighted by Crippen LogP contribution is -2.39. The van der Waals surface area contributed by atoms with Crippen molar-refractivity contribution in [3.05, 3.63) is 38.1 Å². The van der Waals surface area contributed by atoms with Gasteiger partial charge in [-0.05, 0) is 41.5 Å².